The predicted octanol–water partition coefficient (Wildman–Crippen LogP) is 1.60. The second kappa shape index (κ2) is 7.34. The van der Waals surface area contributed by atoms with Crippen LogP contribution in [0.1, 0.15) is 26.3 Å². The second-order valence-electron chi connectivity index (χ2n) is 5.97. The number of ether oxygens (including phenoxy) is 1. The van der Waals surface area contributed by atoms with Crippen LogP contribution in [0.2, 0.25) is 0 Å². The summed E-state index contributed by atoms with van der Waals surface area (Å²) in [5, 5.41) is 9.33. The third kappa shape index (κ3) is 3.93. The Morgan fingerprint density at radius 3 is 2.61 bits per heavy atom. The topological polar surface area (TPSA) is 82.6 Å². The van der Waals surface area contributed by atoms with E-state index in [-0.39, 0.29) is 18.1 Å². The molecule has 0 saturated carbocycles. The van der Waals surface area contributed by atoms with Crippen molar-refractivity contribution in [2.75, 3.05) is 36.9 Å². The van der Waals surface area contributed by atoms with E-state index in [2.05, 4.69) is 29.7 Å². The van der Waals surface area contributed by atoms with Gasteiger partial charge < -0.3 is 15.4 Å². The summed E-state index contributed by atoms with van der Waals surface area (Å²) in [6, 6.07) is 8.01. The highest BCUT2D eigenvalue weighted by Crippen LogP contribution is 2.27. The van der Waals surface area contributed by atoms with Gasteiger partial charge in [0.15, 0.2) is 0 Å². The maximum Gasteiger partial charge on any atom is 0.320 e. The quantitative estimate of drug-likeness (QED) is 0.671. The maximum atomic E-state index is 11.8. The van der Waals surface area contributed by atoms with Crippen molar-refractivity contribution in [2.45, 2.75) is 32.9 Å². The maximum absolute atomic E-state index is 11.8. The summed E-state index contributed by atoms with van der Waals surface area (Å²) in [7, 11) is 0. The number of anilines is 2. The number of carbonyl (C=O) groups is 1. The first-order chi connectivity index (χ1) is 11.0. The van der Waals surface area contributed by atoms with Crippen molar-refractivity contribution in [3.63, 3.8) is 0 Å². The Labute approximate surface area is 137 Å². The largest absolute Gasteiger partial charge is 0.465 e. The summed E-state index contributed by atoms with van der Waals surface area (Å²) in [5.74, 6) is -0.190. The number of carbonyl (C=O) groups excluding carboxylic acids is 1. The van der Waals surface area contributed by atoms with Gasteiger partial charge in [-0.25, -0.2) is 0 Å². The van der Waals surface area contributed by atoms with E-state index in [0.717, 1.165) is 18.8 Å². The van der Waals surface area contributed by atoms with Gasteiger partial charge in [-0.1, -0.05) is 0 Å². The molecule has 6 nitrogen and oxygen atoms in total. The molecule has 6 heteroatoms. The number of benzene rings is 1. The fourth-order valence-electron chi connectivity index (χ4n) is 3.14. The molecule has 0 unspecified atom stereocenters. The van der Waals surface area contributed by atoms with E-state index < -0.39 is 0 Å². The summed E-state index contributed by atoms with van der Waals surface area (Å²) in [6.45, 7) is 8.20. The third-order valence-corrected chi connectivity index (χ3v) is 4.20. The predicted molar refractivity (Wildman–Crippen MR) is 90.0 cm³/mol. The van der Waals surface area contributed by atoms with Crippen molar-refractivity contribution in [2.24, 2.45) is 0 Å². The van der Waals surface area contributed by atoms with Crippen LogP contribution in [-0.2, 0) is 9.53 Å². The van der Waals surface area contributed by atoms with Gasteiger partial charge in [0.25, 0.3) is 0 Å². The van der Waals surface area contributed by atoms with Crippen LogP contribution in [0.3, 0.4) is 0 Å². The summed E-state index contributed by atoms with van der Waals surface area (Å²) in [4.78, 5) is 16.1. The van der Waals surface area contributed by atoms with Crippen molar-refractivity contribution in [3.8, 4) is 6.07 Å². The minimum atomic E-state index is -0.190. The third-order valence-electron chi connectivity index (χ3n) is 4.20. The van der Waals surface area contributed by atoms with Gasteiger partial charge in [0.2, 0.25) is 0 Å². The molecule has 1 fully saturated rings. The molecular weight excluding hydrogens is 292 g/mol. The molecule has 2 rings (SSSR count). The Hall–Kier alpha value is -2.26. The van der Waals surface area contributed by atoms with E-state index in [0.29, 0.717) is 24.4 Å². The van der Waals surface area contributed by atoms with E-state index in [1.807, 2.05) is 19.1 Å². The number of piperazine rings is 1. The summed E-state index contributed by atoms with van der Waals surface area (Å²) < 4.78 is 5.05. The van der Waals surface area contributed by atoms with Gasteiger partial charge in [0.1, 0.15) is 6.07 Å². The smallest absolute Gasteiger partial charge is 0.320 e. The van der Waals surface area contributed by atoms with Crippen LogP contribution in [0.4, 0.5) is 11.4 Å². The highest BCUT2D eigenvalue weighted by Gasteiger charge is 2.31. The zero-order chi connectivity index (χ0) is 17.0. The lowest BCUT2D eigenvalue weighted by atomic mass is 10.0. The molecule has 124 valence electrons. The molecule has 0 radical (unpaired) electrons. The van der Waals surface area contributed by atoms with Crippen molar-refractivity contribution in [3.05, 3.63) is 23.8 Å². The van der Waals surface area contributed by atoms with Gasteiger partial charge in [-0.2, -0.15) is 5.26 Å². The molecule has 2 atom stereocenters. The SMILES string of the molecule is CCOC(=O)CN1[C@H](C)CN(c2ccc(N)cc2C#N)C[C@@H]1C. The monoisotopic (exact) mass is 316 g/mol. The van der Waals surface area contributed by atoms with E-state index in [9.17, 15) is 10.1 Å². The lowest BCUT2D eigenvalue weighted by Crippen LogP contribution is -2.58. The Bertz CT molecular complexity index is 599. The molecule has 0 aliphatic carbocycles. The Morgan fingerprint density at radius 1 is 1.39 bits per heavy atom. The van der Waals surface area contributed by atoms with E-state index in [4.69, 9.17) is 10.5 Å². The number of nitrogens with zero attached hydrogens (tertiary/aromatic N) is 3. The van der Waals surface area contributed by atoms with Crippen LogP contribution in [0, 0.1) is 11.3 Å². The molecule has 2 N–H and O–H groups in total. The summed E-state index contributed by atoms with van der Waals surface area (Å²) in [6.07, 6.45) is 0. The first kappa shape index (κ1) is 17.1. The number of nitriles is 1. The number of nitrogen functional groups attached to an aromatic ring is 1. The van der Waals surface area contributed by atoms with E-state index >= 15 is 0 Å². The average Bonchev–Trinajstić information content (AvgIpc) is 2.50. The molecular formula is C17H24N4O2. The first-order valence-electron chi connectivity index (χ1n) is 7.92. The molecule has 1 aliphatic heterocycles. The first-order valence-corrected chi connectivity index (χ1v) is 7.92. The van der Waals surface area contributed by atoms with Crippen molar-refractivity contribution in [1.29, 1.82) is 5.26 Å². The number of hydrogen-bond acceptors (Lipinski definition) is 6. The van der Waals surface area contributed by atoms with E-state index in [1.165, 1.54) is 0 Å². The summed E-state index contributed by atoms with van der Waals surface area (Å²) >= 11 is 0. The van der Waals surface area contributed by atoms with Crippen LogP contribution in [-0.4, -0.2) is 49.2 Å². The molecule has 0 bridgehead atoms. The number of hydrogen-bond donors (Lipinski definition) is 1. The lowest BCUT2D eigenvalue weighted by Gasteiger charge is -2.45. The molecule has 0 amide bonds. The van der Waals surface area contributed by atoms with Crippen molar-refractivity contribution in [1.82, 2.24) is 4.90 Å². The summed E-state index contributed by atoms with van der Waals surface area (Å²) in [5.41, 5.74) is 7.84. The Morgan fingerprint density at radius 2 is 2.04 bits per heavy atom. The molecule has 1 aromatic carbocycles. The minimum absolute atomic E-state index is 0.187. The number of nitrogens with two attached hydrogens (primary N) is 1. The van der Waals surface area contributed by atoms with Gasteiger partial charge >= 0.3 is 5.97 Å². The van der Waals surface area contributed by atoms with Crippen LogP contribution < -0.4 is 10.6 Å². The molecule has 23 heavy (non-hydrogen) atoms. The number of esters is 1. The molecule has 1 heterocycles. The fraction of sp³-hybridized carbons (Fsp3) is 0.529. The van der Waals surface area contributed by atoms with E-state index in [1.54, 1.807) is 6.07 Å². The van der Waals surface area contributed by atoms with Crippen molar-refractivity contribution >= 4 is 17.3 Å². The van der Waals surface area contributed by atoms with Crippen LogP contribution in [0.15, 0.2) is 18.2 Å². The van der Waals surface area contributed by atoms with Gasteiger partial charge in [-0.05, 0) is 39.0 Å². The molecule has 0 spiro atoms. The highest BCUT2D eigenvalue weighted by molar-refractivity contribution is 5.72. The zero-order valence-corrected chi connectivity index (χ0v) is 14.0. The fourth-order valence-corrected chi connectivity index (χ4v) is 3.14. The molecule has 1 aliphatic rings. The highest BCUT2D eigenvalue weighted by atomic mass is 16.5. The molecule has 1 saturated heterocycles. The van der Waals surface area contributed by atoms with Crippen LogP contribution >= 0.6 is 0 Å². The van der Waals surface area contributed by atoms with Gasteiger partial charge in [0.05, 0.1) is 24.4 Å². The Kier molecular flexibility index (Phi) is 5.45. The van der Waals surface area contributed by atoms with Gasteiger partial charge in [-0.15, -0.1) is 0 Å². The van der Waals surface area contributed by atoms with Gasteiger partial charge in [-0.3, -0.25) is 9.69 Å². The minimum Gasteiger partial charge on any atom is -0.465 e. The Balaban J connectivity index is 2.13. The number of rotatable bonds is 4. The van der Waals surface area contributed by atoms with Crippen molar-refractivity contribution < 1.29 is 9.53 Å². The lowest BCUT2D eigenvalue weighted by molar-refractivity contribution is -0.145. The molecule has 1 aromatic rings. The normalized spacial score (nSPS) is 21.7. The second-order valence-corrected chi connectivity index (χ2v) is 5.97. The standard InChI is InChI=1S/C17H24N4O2/c1-4-23-17(22)11-21-12(2)9-20(10-13(21)3)16-6-5-15(19)7-14(16)8-18/h5-7,12-13H,4,9-11,19H2,1-3H3/t12-,13+. The van der Waals surface area contributed by atoms with Crippen LogP contribution in [0.5, 0.6) is 0 Å². The molecule has 0 aromatic heterocycles. The average molecular weight is 316 g/mol. The van der Waals surface area contributed by atoms with Crippen LogP contribution in [0.25, 0.3) is 0 Å². The zero-order valence-electron chi connectivity index (χ0n) is 14.0. The van der Waals surface area contributed by atoms with Gasteiger partial charge in [0, 0.05) is 30.9 Å².